The number of methoxy groups -OCH3 is 1. The maximum atomic E-state index is 12.6. The van der Waals surface area contributed by atoms with Gasteiger partial charge in [-0.15, -0.1) is 0 Å². The van der Waals surface area contributed by atoms with E-state index in [1.165, 1.54) is 23.8 Å². The van der Waals surface area contributed by atoms with Crippen molar-refractivity contribution in [2.45, 2.75) is 13.3 Å². The summed E-state index contributed by atoms with van der Waals surface area (Å²) in [5.41, 5.74) is 7.72. The maximum absolute atomic E-state index is 12.6. The van der Waals surface area contributed by atoms with Crippen LogP contribution in [0, 0.1) is 6.92 Å². The molecule has 0 saturated heterocycles. The molecule has 124 valence electrons. The predicted octanol–water partition coefficient (Wildman–Crippen LogP) is 5.47. The number of hydrogen-bond acceptors (Lipinski definition) is 2. The standard InChI is InChI=1S/C22H19NO2/c1-15-10-12-17(13-11-15)23(22(24)25-2)21-9-5-8-19-18-7-4-3-6-16(18)14-20(19)21/h3-13H,14H2,1-2H3. The number of benzene rings is 3. The molecule has 0 bridgehead atoms. The molecular weight excluding hydrogens is 310 g/mol. The number of carbonyl (C=O) groups excluding carboxylic acids is 1. The molecule has 0 radical (unpaired) electrons. The molecule has 3 heteroatoms. The van der Waals surface area contributed by atoms with Crippen molar-refractivity contribution in [1.82, 2.24) is 0 Å². The Morgan fingerprint density at radius 2 is 1.64 bits per heavy atom. The summed E-state index contributed by atoms with van der Waals surface area (Å²) < 4.78 is 5.08. The van der Waals surface area contributed by atoms with Crippen LogP contribution in [0.3, 0.4) is 0 Å². The first-order chi connectivity index (χ1) is 12.2. The Labute approximate surface area is 147 Å². The molecule has 0 atom stereocenters. The highest BCUT2D eigenvalue weighted by Gasteiger charge is 2.27. The fourth-order valence-corrected chi connectivity index (χ4v) is 3.48. The van der Waals surface area contributed by atoms with Crippen molar-refractivity contribution >= 4 is 17.5 Å². The van der Waals surface area contributed by atoms with Crippen LogP contribution in [0.25, 0.3) is 11.1 Å². The van der Waals surface area contributed by atoms with Crippen molar-refractivity contribution in [2.24, 2.45) is 0 Å². The van der Waals surface area contributed by atoms with E-state index in [1.54, 1.807) is 4.90 Å². The van der Waals surface area contributed by atoms with E-state index in [9.17, 15) is 4.79 Å². The van der Waals surface area contributed by atoms with Gasteiger partial charge in [-0.3, -0.25) is 0 Å². The van der Waals surface area contributed by atoms with Gasteiger partial charge in [0, 0.05) is 6.42 Å². The molecule has 0 spiro atoms. The molecule has 1 aliphatic rings. The summed E-state index contributed by atoms with van der Waals surface area (Å²) in [6.07, 6.45) is 0.439. The van der Waals surface area contributed by atoms with Gasteiger partial charge in [0.15, 0.2) is 0 Å². The summed E-state index contributed by atoms with van der Waals surface area (Å²) in [4.78, 5) is 14.2. The van der Waals surface area contributed by atoms with Gasteiger partial charge >= 0.3 is 6.09 Å². The molecule has 0 heterocycles. The van der Waals surface area contributed by atoms with Gasteiger partial charge in [-0.2, -0.15) is 0 Å². The molecule has 0 N–H and O–H groups in total. The zero-order valence-corrected chi connectivity index (χ0v) is 14.3. The van der Waals surface area contributed by atoms with Crippen LogP contribution in [0.1, 0.15) is 16.7 Å². The lowest BCUT2D eigenvalue weighted by Gasteiger charge is -2.24. The molecule has 0 aromatic heterocycles. The molecule has 3 aromatic rings. The minimum absolute atomic E-state index is 0.381. The second-order valence-corrected chi connectivity index (χ2v) is 6.28. The van der Waals surface area contributed by atoms with E-state index in [0.29, 0.717) is 0 Å². The molecule has 1 amide bonds. The Balaban J connectivity index is 1.87. The van der Waals surface area contributed by atoms with E-state index in [4.69, 9.17) is 4.74 Å². The SMILES string of the molecule is COC(=O)N(c1ccc(C)cc1)c1cccc2c1Cc1ccccc1-2. The molecular formula is C22H19NO2. The van der Waals surface area contributed by atoms with Crippen molar-refractivity contribution in [3.05, 3.63) is 83.4 Å². The van der Waals surface area contributed by atoms with E-state index in [0.717, 1.165) is 28.9 Å². The van der Waals surface area contributed by atoms with Crippen LogP contribution in [0.2, 0.25) is 0 Å². The molecule has 25 heavy (non-hydrogen) atoms. The molecule has 1 aliphatic carbocycles. The molecule has 0 fully saturated rings. The van der Waals surface area contributed by atoms with Crippen LogP contribution in [0.15, 0.2) is 66.7 Å². The number of ether oxygens (including phenoxy) is 1. The summed E-state index contributed by atoms with van der Waals surface area (Å²) in [5, 5.41) is 0. The minimum atomic E-state index is -0.381. The summed E-state index contributed by atoms with van der Waals surface area (Å²) in [6.45, 7) is 2.03. The second-order valence-electron chi connectivity index (χ2n) is 6.28. The van der Waals surface area contributed by atoms with Crippen LogP contribution in [0.4, 0.5) is 16.2 Å². The zero-order valence-electron chi connectivity index (χ0n) is 14.3. The number of carbonyl (C=O) groups is 1. The van der Waals surface area contributed by atoms with Gasteiger partial charge in [-0.1, -0.05) is 54.1 Å². The number of rotatable bonds is 2. The van der Waals surface area contributed by atoms with E-state index >= 15 is 0 Å². The largest absolute Gasteiger partial charge is 0.452 e. The number of amides is 1. The first-order valence-corrected chi connectivity index (χ1v) is 8.34. The lowest BCUT2D eigenvalue weighted by Crippen LogP contribution is -2.26. The normalized spacial score (nSPS) is 11.6. The first kappa shape index (κ1) is 15.5. The second kappa shape index (κ2) is 6.10. The highest BCUT2D eigenvalue weighted by Crippen LogP contribution is 2.43. The lowest BCUT2D eigenvalue weighted by molar-refractivity contribution is 0.181. The monoisotopic (exact) mass is 329 g/mol. The average Bonchev–Trinajstić information content (AvgIpc) is 3.03. The fourth-order valence-electron chi connectivity index (χ4n) is 3.48. The number of anilines is 2. The Hall–Kier alpha value is -3.07. The van der Waals surface area contributed by atoms with Crippen molar-refractivity contribution in [2.75, 3.05) is 12.0 Å². The molecule has 0 aliphatic heterocycles. The molecule has 0 saturated carbocycles. The van der Waals surface area contributed by atoms with Crippen molar-refractivity contribution < 1.29 is 9.53 Å². The van der Waals surface area contributed by atoms with E-state index < -0.39 is 0 Å². The first-order valence-electron chi connectivity index (χ1n) is 8.34. The van der Waals surface area contributed by atoms with Gasteiger partial charge in [0.25, 0.3) is 0 Å². The van der Waals surface area contributed by atoms with Crippen molar-refractivity contribution in [1.29, 1.82) is 0 Å². The van der Waals surface area contributed by atoms with Gasteiger partial charge in [-0.25, -0.2) is 9.69 Å². The third-order valence-corrected chi connectivity index (χ3v) is 4.72. The van der Waals surface area contributed by atoms with Gasteiger partial charge < -0.3 is 4.74 Å². The Bertz CT molecular complexity index is 944. The Kier molecular flexibility index (Phi) is 3.77. The number of aryl methyl sites for hydroxylation is 1. The number of hydrogen-bond donors (Lipinski definition) is 0. The van der Waals surface area contributed by atoms with Gasteiger partial charge in [0.05, 0.1) is 18.5 Å². The van der Waals surface area contributed by atoms with E-state index in [2.05, 4.69) is 30.3 Å². The topological polar surface area (TPSA) is 29.5 Å². The summed E-state index contributed by atoms with van der Waals surface area (Å²) in [5.74, 6) is 0. The Morgan fingerprint density at radius 1 is 0.920 bits per heavy atom. The maximum Gasteiger partial charge on any atom is 0.418 e. The van der Waals surface area contributed by atoms with Crippen molar-refractivity contribution in [3.8, 4) is 11.1 Å². The third-order valence-electron chi connectivity index (χ3n) is 4.72. The van der Waals surface area contributed by atoms with E-state index in [1.807, 2.05) is 43.3 Å². The van der Waals surface area contributed by atoms with Crippen molar-refractivity contribution in [3.63, 3.8) is 0 Å². The molecule has 4 rings (SSSR count). The molecule has 3 aromatic carbocycles. The molecule has 3 nitrogen and oxygen atoms in total. The van der Waals surface area contributed by atoms with Crippen LogP contribution < -0.4 is 4.90 Å². The van der Waals surface area contributed by atoms with Gasteiger partial charge in [0.2, 0.25) is 0 Å². The number of fused-ring (bicyclic) bond motifs is 3. The third kappa shape index (κ3) is 2.58. The minimum Gasteiger partial charge on any atom is -0.452 e. The summed E-state index contributed by atoms with van der Waals surface area (Å²) in [7, 11) is 1.42. The van der Waals surface area contributed by atoms with Gasteiger partial charge in [0.1, 0.15) is 0 Å². The fraction of sp³-hybridized carbons (Fsp3) is 0.136. The van der Waals surface area contributed by atoms with Gasteiger partial charge in [-0.05, 0) is 47.4 Å². The zero-order chi connectivity index (χ0) is 17.4. The van der Waals surface area contributed by atoms with Crippen LogP contribution in [-0.4, -0.2) is 13.2 Å². The highest BCUT2D eigenvalue weighted by molar-refractivity contribution is 5.99. The number of nitrogens with zero attached hydrogens (tertiary/aromatic N) is 1. The highest BCUT2D eigenvalue weighted by atomic mass is 16.5. The van der Waals surface area contributed by atoms with Crippen LogP contribution >= 0.6 is 0 Å². The lowest BCUT2D eigenvalue weighted by atomic mass is 10.0. The van der Waals surface area contributed by atoms with E-state index in [-0.39, 0.29) is 6.09 Å². The van der Waals surface area contributed by atoms with Crippen LogP contribution in [0.5, 0.6) is 0 Å². The smallest absolute Gasteiger partial charge is 0.418 e. The summed E-state index contributed by atoms with van der Waals surface area (Å²) in [6, 6.07) is 22.4. The summed E-state index contributed by atoms with van der Waals surface area (Å²) >= 11 is 0. The quantitative estimate of drug-likeness (QED) is 0.488. The van der Waals surface area contributed by atoms with Crippen LogP contribution in [-0.2, 0) is 11.2 Å². The average molecular weight is 329 g/mol. The Morgan fingerprint density at radius 3 is 2.40 bits per heavy atom. The predicted molar refractivity (Wildman–Crippen MR) is 100 cm³/mol. The molecule has 0 unspecified atom stereocenters.